The molecule has 1 aliphatic carbocycles. The Morgan fingerprint density at radius 3 is 2.68 bits per heavy atom. The fourth-order valence-electron chi connectivity index (χ4n) is 3.35. The van der Waals surface area contributed by atoms with Crippen molar-refractivity contribution < 1.29 is 9.59 Å². The van der Waals surface area contributed by atoms with Gasteiger partial charge in [0.15, 0.2) is 5.69 Å². The van der Waals surface area contributed by atoms with Crippen molar-refractivity contribution in [2.45, 2.75) is 38.9 Å². The Labute approximate surface area is 146 Å². The van der Waals surface area contributed by atoms with Crippen molar-refractivity contribution in [1.29, 1.82) is 0 Å². The summed E-state index contributed by atoms with van der Waals surface area (Å²) in [5, 5.41) is 7.30. The number of benzene rings is 1. The fraction of sp³-hybridized carbons (Fsp3) is 0.421. The van der Waals surface area contributed by atoms with Crippen LogP contribution >= 0.6 is 0 Å². The highest BCUT2D eigenvalue weighted by Crippen LogP contribution is 2.29. The molecule has 0 unspecified atom stereocenters. The van der Waals surface area contributed by atoms with Gasteiger partial charge in [-0.3, -0.25) is 14.3 Å². The lowest BCUT2D eigenvalue weighted by atomic mass is 9.84. The van der Waals surface area contributed by atoms with Crippen LogP contribution in [0.25, 0.3) is 0 Å². The van der Waals surface area contributed by atoms with Crippen molar-refractivity contribution in [3.63, 3.8) is 0 Å². The highest BCUT2D eigenvalue weighted by Gasteiger charge is 2.31. The van der Waals surface area contributed by atoms with Crippen molar-refractivity contribution in [2.75, 3.05) is 6.54 Å². The van der Waals surface area contributed by atoms with E-state index in [1.54, 1.807) is 6.07 Å². The maximum Gasteiger partial charge on any atom is 0.272 e. The SMILES string of the molecule is O=C(NCc1ccccc1)c1cc2n(n1)CCN(C(=O)C1CCC1)C2. The summed E-state index contributed by atoms with van der Waals surface area (Å²) in [5.74, 6) is 0.291. The Kier molecular flexibility index (Phi) is 4.26. The second-order valence-electron chi connectivity index (χ2n) is 6.80. The van der Waals surface area contributed by atoms with Gasteiger partial charge in [-0.15, -0.1) is 0 Å². The van der Waals surface area contributed by atoms with Crippen LogP contribution in [0, 0.1) is 5.92 Å². The lowest BCUT2D eigenvalue weighted by Crippen LogP contribution is -2.43. The van der Waals surface area contributed by atoms with Crippen LogP contribution in [0.3, 0.4) is 0 Å². The number of amides is 2. The summed E-state index contributed by atoms with van der Waals surface area (Å²) in [4.78, 5) is 26.7. The predicted molar refractivity (Wildman–Crippen MR) is 92.6 cm³/mol. The largest absolute Gasteiger partial charge is 0.347 e. The molecule has 0 bridgehead atoms. The summed E-state index contributed by atoms with van der Waals surface area (Å²) < 4.78 is 1.85. The summed E-state index contributed by atoms with van der Waals surface area (Å²) in [7, 11) is 0. The van der Waals surface area contributed by atoms with Gasteiger partial charge in [-0.1, -0.05) is 36.8 Å². The standard InChI is InChI=1S/C19H22N4O2/c24-18(20-12-14-5-2-1-3-6-14)17-11-16-13-22(9-10-23(16)21-17)19(25)15-7-4-8-15/h1-3,5-6,11,15H,4,7-10,12-13H2,(H,20,24). The van der Waals surface area contributed by atoms with Crippen molar-refractivity contribution in [3.8, 4) is 0 Å². The van der Waals surface area contributed by atoms with Gasteiger partial charge in [-0.2, -0.15) is 5.10 Å². The molecule has 6 nitrogen and oxygen atoms in total. The zero-order chi connectivity index (χ0) is 17.2. The van der Waals surface area contributed by atoms with Gasteiger partial charge in [0, 0.05) is 19.0 Å². The molecule has 1 aromatic carbocycles. The van der Waals surface area contributed by atoms with Crippen LogP contribution < -0.4 is 5.32 Å². The van der Waals surface area contributed by atoms with Crippen molar-refractivity contribution in [2.24, 2.45) is 5.92 Å². The molecule has 0 spiro atoms. The van der Waals surface area contributed by atoms with Gasteiger partial charge in [0.05, 0.1) is 18.8 Å². The van der Waals surface area contributed by atoms with Crippen LogP contribution in [0.5, 0.6) is 0 Å². The molecule has 2 aliphatic rings. The first-order valence-electron chi connectivity index (χ1n) is 8.88. The molecule has 130 valence electrons. The smallest absolute Gasteiger partial charge is 0.272 e. The number of hydrogen-bond acceptors (Lipinski definition) is 3. The minimum Gasteiger partial charge on any atom is -0.347 e. The first-order valence-corrected chi connectivity index (χ1v) is 8.88. The molecule has 0 atom stereocenters. The number of rotatable bonds is 4. The number of carbonyl (C=O) groups excluding carboxylic acids is 2. The van der Waals surface area contributed by atoms with Crippen LogP contribution in [0.15, 0.2) is 36.4 Å². The summed E-state index contributed by atoms with van der Waals surface area (Å²) in [5.41, 5.74) is 2.41. The molecule has 2 aromatic rings. The Morgan fingerprint density at radius 1 is 1.16 bits per heavy atom. The van der Waals surface area contributed by atoms with E-state index >= 15 is 0 Å². The first kappa shape index (κ1) is 15.9. The van der Waals surface area contributed by atoms with Crippen molar-refractivity contribution in [1.82, 2.24) is 20.0 Å². The quantitative estimate of drug-likeness (QED) is 0.927. The third kappa shape index (κ3) is 3.29. The van der Waals surface area contributed by atoms with E-state index in [-0.39, 0.29) is 17.7 Å². The van der Waals surface area contributed by atoms with Crippen LogP contribution in [0.2, 0.25) is 0 Å². The molecule has 1 aliphatic heterocycles. The molecule has 1 N–H and O–H groups in total. The number of hydrogen-bond donors (Lipinski definition) is 1. The summed E-state index contributed by atoms with van der Waals surface area (Å²) >= 11 is 0. The third-order valence-electron chi connectivity index (χ3n) is 5.09. The molecule has 1 fully saturated rings. The van der Waals surface area contributed by atoms with Gasteiger partial charge < -0.3 is 10.2 Å². The Bertz CT molecular complexity index is 780. The maximum atomic E-state index is 12.4. The van der Waals surface area contributed by atoms with Crippen molar-refractivity contribution >= 4 is 11.8 Å². The van der Waals surface area contributed by atoms with E-state index in [2.05, 4.69) is 10.4 Å². The second kappa shape index (κ2) is 6.70. The fourth-order valence-corrected chi connectivity index (χ4v) is 3.35. The van der Waals surface area contributed by atoms with Gasteiger partial charge in [0.2, 0.25) is 5.91 Å². The van der Waals surface area contributed by atoms with Gasteiger partial charge in [0.25, 0.3) is 5.91 Å². The molecule has 2 heterocycles. The van der Waals surface area contributed by atoms with Crippen LogP contribution in [-0.4, -0.2) is 33.0 Å². The van der Waals surface area contributed by atoms with E-state index in [1.807, 2.05) is 39.9 Å². The Morgan fingerprint density at radius 2 is 1.96 bits per heavy atom. The zero-order valence-electron chi connectivity index (χ0n) is 14.1. The first-order chi connectivity index (χ1) is 12.2. The van der Waals surface area contributed by atoms with Crippen LogP contribution in [0.1, 0.15) is 41.0 Å². The Hall–Kier alpha value is -2.63. The minimum atomic E-state index is -0.178. The third-order valence-corrected chi connectivity index (χ3v) is 5.09. The lowest BCUT2D eigenvalue weighted by Gasteiger charge is -2.34. The minimum absolute atomic E-state index is 0.178. The summed E-state index contributed by atoms with van der Waals surface area (Å²) in [6.45, 7) is 2.36. The molecular weight excluding hydrogens is 316 g/mol. The molecule has 25 heavy (non-hydrogen) atoms. The molecule has 6 heteroatoms. The van der Waals surface area contributed by atoms with Crippen LogP contribution in [0.4, 0.5) is 0 Å². The van der Waals surface area contributed by atoms with E-state index in [9.17, 15) is 9.59 Å². The van der Waals surface area contributed by atoms with E-state index in [1.165, 1.54) is 0 Å². The zero-order valence-corrected chi connectivity index (χ0v) is 14.1. The lowest BCUT2D eigenvalue weighted by molar-refractivity contribution is -0.139. The number of nitrogens with one attached hydrogen (secondary N) is 1. The number of aromatic nitrogens is 2. The number of nitrogens with zero attached hydrogens (tertiary/aromatic N) is 3. The maximum absolute atomic E-state index is 12.4. The van der Waals surface area contributed by atoms with Gasteiger partial charge in [0.1, 0.15) is 0 Å². The molecule has 0 radical (unpaired) electrons. The average molecular weight is 338 g/mol. The van der Waals surface area contributed by atoms with Gasteiger partial charge in [-0.05, 0) is 24.5 Å². The normalized spacial score (nSPS) is 16.9. The molecule has 2 amide bonds. The molecule has 0 saturated heterocycles. The van der Waals surface area contributed by atoms with Crippen molar-refractivity contribution in [3.05, 3.63) is 53.3 Å². The van der Waals surface area contributed by atoms with Crippen LogP contribution in [-0.2, 0) is 24.4 Å². The number of carbonyl (C=O) groups is 2. The summed E-state index contributed by atoms with van der Waals surface area (Å²) in [6.07, 6.45) is 3.19. The second-order valence-corrected chi connectivity index (χ2v) is 6.80. The molecule has 1 aromatic heterocycles. The van der Waals surface area contributed by atoms with E-state index in [4.69, 9.17) is 0 Å². The van der Waals surface area contributed by atoms with E-state index in [0.717, 1.165) is 30.5 Å². The predicted octanol–water partition coefficient (Wildman–Crippen LogP) is 1.96. The van der Waals surface area contributed by atoms with Gasteiger partial charge in [-0.25, -0.2) is 0 Å². The van der Waals surface area contributed by atoms with E-state index in [0.29, 0.717) is 31.9 Å². The topological polar surface area (TPSA) is 67.2 Å². The molecular formula is C19H22N4O2. The monoisotopic (exact) mass is 338 g/mol. The molecule has 1 saturated carbocycles. The van der Waals surface area contributed by atoms with E-state index < -0.39 is 0 Å². The highest BCUT2D eigenvalue weighted by molar-refractivity contribution is 5.92. The molecule has 4 rings (SSSR count). The number of fused-ring (bicyclic) bond motifs is 1. The average Bonchev–Trinajstić information content (AvgIpc) is 3.02. The summed E-state index contributed by atoms with van der Waals surface area (Å²) in [6, 6.07) is 11.6. The Balaban J connectivity index is 1.39. The van der Waals surface area contributed by atoms with Gasteiger partial charge >= 0.3 is 0 Å². The highest BCUT2D eigenvalue weighted by atomic mass is 16.2.